The van der Waals surface area contributed by atoms with Gasteiger partial charge in [0, 0.05) is 13.2 Å². The molecule has 1 rings (SSSR count). The van der Waals surface area contributed by atoms with Gasteiger partial charge < -0.3 is 15.1 Å². The molecule has 0 saturated heterocycles. The molecule has 1 atom stereocenters. The van der Waals surface area contributed by atoms with Crippen LogP contribution < -0.4 is 10.9 Å². The molecule has 0 amide bonds. The topological polar surface area (TPSA) is 53.6 Å². The highest BCUT2D eigenvalue weighted by molar-refractivity contribution is 6.20. The second-order valence-electron chi connectivity index (χ2n) is 2.53. The summed E-state index contributed by atoms with van der Waals surface area (Å²) in [6.07, 6.45) is 1.59. The van der Waals surface area contributed by atoms with Crippen molar-refractivity contribution in [1.29, 1.82) is 0 Å². The average molecular weight is 206 g/mol. The maximum absolute atomic E-state index is 11.2. The van der Waals surface area contributed by atoms with Crippen LogP contribution in [0.3, 0.4) is 0 Å². The Balaban J connectivity index is 2.61. The number of hydrazine groups is 1. The molecule has 0 aromatic carbocycles. The summed E-state index contributed by atoms with van der Waals surface area (Å²) in [4.78, 5) is 12.8. The minimum atomic E-state index is -0.398. The molecule has 13 heavy (non-hydrogen) atoms. The number of rotatable bonds is 2. The second-order valence-corrected chi connectivity index (χ2v) is 2.95. The van der Waals surface area contributed by atoms with Crippen molar-refractivity contribution in [3.63, 3.8) is 0 Å². The lowest BCUT2D eigenvalue weighted by atomic mass is 10.4. The van der Waals surface area contributed by atoms with Gasteiger partial charge in [0.1, 0.15) is 0 Å². The lowest BCUT2D eigenvalue weighted by Crippen LogP contribution is -2.50. The van der Waals surface area contributed by atoms with Crippen LogP contribution in [0.15, 0.2) is 11.9 Å². The van der Waals surface area contributed by atoms with Gasteiger partial charge in [-0.25, -0.2) is 10.2 Å². The van der Waals surface area contributed by atoms with Gasteiger partial charge >= 0.3 is 5.97 Å². The van der Waals surface area contributed by atoms with E-state index in [1.165, 1.54) is 0 Å². The van der Waals surface area contributed by atoms with Crippen molar-refractivity contribution in [3.8, 4) is 0 Å². The van der Waals surface area contributed by atoms with Gasteiger partial charge in [-0.2, -0.15) is 0 Å². The highest BCUT2D eigenvalue weighted by Gasteiger charge is 2.19. The van der Waals surface area contributed by atoms with Crippen LogP contribution in [0, 0.1) is 0 Å². The van der Waals surface area contributed by atoms with E-state index >= 15 is 0 Å². The molecule has 5 nitrogen and oxygen atoms in total. The normalized spacial score (nSPS) is 21.9. The van der Waals surface area contributed by atoms with E-state index in [1.54, 1.807) is 25.1 Å². The molecular formula is C7H12ClN3O2. The van der Waals surface area contributed by atoms with Crippen LogP contribution in [0.25, 0.3) is 0 Å². The standard InChI is InChI=1S/C7H12ClN3O2/c1-3-13-6(12)5-4-11(2)7(8)10-9-5/h4,7,9-10H,3H2,1-2H3. The fraction of sp³-hybridized carbons (Fsp3) is 0.571. The Labute approximate surface area is 81.6 Å². The Hall–Kier alpha value is -0.940. The van der Waals surface area contributed by atoms with Gasteiger partial charge in [0.25, 0.3) is 0 Å². The molecule has 2 N–H and O–H groups in total. The third-order valence-electron chi connectivity index (χ3n) is 1.51. The maximum atomic E-state index is 11.2. The molecule has 0 spiro atoms. The van der Waals surface area contributed by atoms with E-state index in [9.17, 15) is 4.79 Å². The molecule has 1 aliphatic heterocycles. The van der Waals surface area contributed by atoms with Crippen LogP contribution in [0.5, 0.6) is 0 Å². The number of hydrogen-bond donors (Lipinski definition) is 2. The third-order valence-corrected chi connectivity index (χ3v) is 1.93. The zero-order valence-corrected chi connectivity index (χ0v) is 8.26. The van der Waals surface area contributed by atoms with E-state index in [4.69, 9.17) is 16.3 Å². The molecule has 0 saturated carbocycles. The molecule has 0 bridgehead atoms. The molecule has 0 aliphatic carbocycles. The first kappa shape index (κ1) is 10.1. The summed E-state index contributed by atoms with van der Waals surface area (Å²) in [7, 11) is 1.75. The van der Waals surface area contributed by atoms with Crippen molar-refractivity contribution in [2.45, 2.75) is 12.5 Å². The predicted molar refractivity (Wildman–Crippen MR) is 48.4 cm³/mol. The summed E-state index contributed by atoms with van der Waals surface area (Å²) in [6.45, 7) is 2.11. The van der Waals surface area contributed by atoms with Crippen molar-refractivity contribution in [2.24, 2.45) is 0 Å². The Morgan fingerprint density at radius 3 is 3.08 bits per heavy atom. The SMILES string of the molecule is CCOC(=O)C1=CN(C)C(Cl)NN1. The molecule has 1 heterocycles. The molecule has 1 aliphatic rings. The summed E-state index contributed by atoms with van der Waals surface area (Å²) in [5.74, 6) is -0.398. The minimum absolute atomic E-state index is 0.348. The van der Waals surface area contributed by atoms with Crippen LogP contribution in [0.2, 0.25) is 0 Å². The van der Waals surface area contributed by atoms with E-state index in [0.717, 1.165) is 0 Å². The molecule has 6 heteroatoms. The summed E-state index contributed by atoms with van der Waals surface area (Å²) >= 11 is 5.77. The van der Waals surface area contributed by atoms with Gasteiger partial charge in [-0.05, 0) is 6.92 Å². The minimum Gasteiger partial charge on any atom is -0.461 e. The van der Waals surface area contributed by atoms with Crippen molar-refractivity contribution in [2.75, 3.05) is 13.7 Å². The highest BCUT2D eigenvalue weighted by atomic mass is 35.5. The fourth-order valence-electron chi connectivity index (χ4n) is 0.853. The first-order valence-corrected chi connectivity index (χ1v) is 4.35. The largest absolute Gasteiger partial charge is 0.461 e. The van der Waals surface area contributed by atoms with E-state index < -0.39 is 5.97 Å². The second kappa shape index (κ2) is 4.34. The highest BCUT2D eigenvalue weighted by Crippen LogP contribution is 2.06. The molecule has 0 fully saturated rings. The van der Waals surface area contributed by atoms with Crippen molar-refractivity contribution in [3.05, 3.63) is 11.9 Å². The number of carbonyl (C=O) groups is 1. The van der Waals surface area contributed by atoms with Gasteiger partial charge in [0.15, 0.2) is 11.3 Å². The number of hydrogen-bond acceptors (Lipinski definition) is 5. The van der Waals surface area contributed by atoms with Crippen molar-refractivity contribution < 1.29 is 9.53 Å². The average Bonchev–Trinajstić information content (AvgIpc) is 2.10. The van der Waals surface area contributed by atoms with Crippen LogP contribution >= 0.6 is 11.6 Å². The number of esters is 1. The number of carbonyl (C=O) groups excluding carboxylic acids is 1. The van der Waals surface area contributed by atoms with E-state index in [2.05, 4.69) is 10.9 Å². The smallest absolute Gasteiger partial charge is 0.357 e. The lowest BCUT2D eigenvalue weighted by Gasteiger charge is -2.28. The van der Waals surface area contributed by atoms with E-state index in [1.807, 2.05) is 0 Å². The molecule has 74 valence electrons. The number of nitrogens with one attached hydrogen (secondary N) is 2. The monoisotopic (exact) mass is 205 g/mol. The van der Waals surface area contributed by atoms with Crippen molar-refractivity contribution >= 4 is 17.6 Å². The molecule has 1 unspecified atom stereocenters. The zero-order chi connectivity index (χ0) is 9.84. The lowest BCUT2D eigenvalue weighted by molar-refractivity contribution is -0.139. The molecule has 0 radical (unpaired) electrons. The van der Waals surface area contributed by atoms with Crippen LogP contribution in [-0.4, -0.2) is 30.1 Å². The first-order valence-electron chi connectivity index (χ1n) is 3.91. The molecule has 0 aromatic rings. The van der Waals surface area contributed by atoms with Gasteiger partial charge in [0.05, 0.1) is 6.61 Å². The van der Waals surface area contributed by atoms with Crippen LogP contribution in [0.1, 0.15) is 6.92 Å². The first-order chi connectivity index (χ1) is 6.15. The summed E-state index contributed by atoms with van der Waals surface area (Å²) in [5, 5.41) is 0. The quantitative estimate of drug-likeness (QED) is 0.376. The van der Waals surface area contributed by atoms with Gasteiger partial charge in [0.2, 0.25) is 0 Å². The number of nitrogens with zero attached hydrogens (tertiary/aromatic N) is 1. The zero-order valence-electron chi connectivity index (χ0n) is 7.50. The summed E-state index contributed by atoms with van der Waals surface area (Å²) in [6, 6.07) is 0. The predicted octanol–water partition coefficient (Wildman–Crippen LogP) is -0.0471. The van der Waals surface area contributed by atoms with Crippen LogP contribution in [-0.2, 0) is 9.53 Å². The van der Waals surface area contributed by atoms with Gasteiger partial charge in [-0.1, -0.05) is 11.6 Å². The Bertz CT molecular complexity index is 232. The van der Waals surface area contributed by atoms with E-state index in [0.29, 0.717) is 12.3 Å². The molecular weight excluding hydrogens is 194 g/mol. The summed E-state index contributed by atoms with van der Waals surface area (Å²) in [5.41, 5.74) is 5.33. The van der Waals surface area contributed by atoms with Crippen LogP contribution in [0.4, 0.5) is 0 Å². The Morgan fingerprint density at radius 2 is 2.54 bits per heavy atom. The Kier molecular flexibility index (Phi) is 3.39. The third kappa shape index (κ3) is 2.50. The van der Waals surface area contributed by atoms with Gasteiger partial charge in [-0.15, -0.1) is 0 Å². The van der Waals surface area contributed by atoms with Gasteiger partial charge in [-0.3, -0.25) is 0 Å². The van der Waals surface area contributed by atoms with Crippen molar-refractivity contribution in [1.82, 2.24) is 15.8 Å². The van der Waals surface area contributed by atoms with E-state index in [-0.39, 0.29) is 5.62 Å². The number of halogens is 1. The number of alkyl halides is 1. The maximum Gasteiger partial charge on any atom is 0.357 e. The fourth-order valence-corrected chi connectivity index (χ4v) is 0.964. The number of ether oxygens (including phenoxy) is 1. The Morgan fingerprint density at radius 1 is 1.85 bits per heavy atom. The molecule has 0 aromatic heterocycles. The summed E-state index contributed by atoms with van der Waals surface area (Å²) < 4.78 is 4.79.